The highest BCUT2D eigenvalue weighted by Crippen LogP contribution is 2.31. The van der Waals surface area contributed by atoms with Crippen LogP contribution in [0.3, 0.4) is 0 Å². The minimum absolute atomic E-state index is 0.0558. The zero-order valence-electron chi connectivity index (χ0n) is 10.1. The summed E-state index contributed by atoms with van der Waals surface area (Å²) in [6.07, 6.45) is 0. The molecule has 1 amide bonds. The van der Waals surface area contributed by atoms with Gasteiger partial charge < -0.3 is 5.32 Å². The van der Waals surface area contributed by atoms with Gasteiger partial charge in [-0.15, -0.1) is 22.7 Å². The van der Waals surface area contributed by atoms with E-state index in [0.29, 0.717) is 0 Å². The van der Waals surface area contributed by atoms with Crippen LogP contribution in [0.1, 0.15) is 15.2 Å². The van der Waals surface area contributed by atoms with Crippen molar-refractivity contribution in [1.82, 2.24) is 0 Å². The van der Waals surface area contributed by atoms with Gasteiger partial charge in [0.15, 0.2) is 0 Å². The molecule has 2 heterocycles. The van der Waals surface area contributed by atoms with E-state index in [1.54, 1.807) is 11.3 Å². The predicted octanol–water partition coefficient (Wildman–Crippen LogP) is 5.29. The van der Waals surface area contributed by atoms with E-state index in [9.17, 15) is 4.79 Å². The van der Waals surface area contributed by atoms with Crippen molar-refractivity contribution in [3.63, 3.8) is 0 Å². The van der Waals surface area contributed by atoms with Crippen LogP contribution in [0.25, 0.3) is 9.40 Å². The number of hydrogen-bond donors (Lipinski definition) is 1. The predicted molar refractivity (Wildman–Crippen MR) is 86.5 cm³/mol. The van der Waals surface area contributed by atoms with Gasteiger partial charge in [0.2, 0.25) is 0 Å². The van der Waals surface area contributed by atoms with Crippen molar-refractivity contribution in [2.24, 2.45) is 0 Å². The third-order valence-electron chi connectivity index (χ3n) is 2.73. The Kier molecular flexibility index (Phi) is 3.43. The molecule has 0 spiro atoms. The Labute approximate surface area is 127 Å². The molecule has 0 unspecified atom stereocenters. The summed E-state index contributed by atoms with van der Waals surface area (Å²) in [6, 6.07) is 9.89. The molecule has 2 nitrogen and oxygen atoms in total. The molecule has 3 aromatic rings. The highest BCUT2D eigenvalue weighted by atomic mass is 79.9. The fourth-order valence-corrected chi connectivity index (χ4v) is 4.15. The zero-order valence-corrected chi connectivity index (χ0v) is 13.3. The maximum Gasteiger partial charge on any atom is 0.265 e. The summed E-state index contributed by atoms with van der Waals surface area (Å²) < 4.78 is 3.22. The molecule has 0 saturated carbocycles. The Morgan fingerprint density at radius 1 is 1.21 bits per heavy atom. The number of carbonyl (C=O) groups excluding carboxylic acids is 1. The molecule has 0 aliphatic rings. The molecule has 5 heteroatoms. The van der Waals surface area contributed by atoms with Crippen molar-refractivity contribution in [2.45, 2.75) is 6.92 Å². The highest BCUT2D eigenvalue weighted by molar-refractivity contribution is 9.10. The molecular formula is C14H10BrNOS2. The van der Waals surface area contributed by atoms with E-state index in [1.807, 2.05) is 42.6 Å². The van der Waals surface area contributed by atoms with Crippen LogP contribution in [0.4, 0.5) is 5.69 Å². The number of hydrogen-bond acceptors (Lipinski definition) is 3. The van der Waals surface area contributed by atoms with Crippen LogP contribution >= 0.6 is 38.6 Å². The van der Waals surface area contributed by atoms with Gasteiger partial charge in [0, 0.05) is 13.9 Å². The average Bonchev–Trinajstić information content (AvgIpc) is 2.94. The number of anilines is 1. The standard InChI is InChI=1S/C14H10BrNOS2/c1-8-2-3-9(15)10(6-8)16-14(17)13-7-12-11(19-13)4-5-18-12/h2-7H,1H3,(H,16,17). The molecule has 1 aromatic carbocycles. The van der Waals surface area contributed by atoms with Crippen molar-refractivity contribution >= 4 is 59.6 Å². The van der Waals surface area contributed by atoms with Gasteiger partial charge >= 0.3 is 0 Å². The van der Waals surface area contributed by atoms with Crippen molar-refractivity contribution in [3.8, 4) is 0 Å². The first-order valence-electron chi connectivity index (χ1n) is 5.68. The molecule has 0 aliphatic heterocycles. The molecule has 0 radical (unpaired) electrons. The molecule has 3 rings (SSSR count). The van der Waals surface area contributed by atoms with E-state index in [2.05, 4.69) is 21.2 Å². The zero-order chi connectivity index (χ0) is 13.4. The number of rotatable bonds is 2. The van der Waals surface area contributed by atoms with Gasteiger partial charge in [-0.2, -0.15) is 0 Å². The molecule has 0 saturated heterocycles. The van der Waals surface area contributed by atoms with Crippen LogP contribution in [0.5, 0.6) is 0 Å². The number of amides is 1. The minimum atomic E-state index is -0.0558. The lowest BCUT2D eigenvalue weighted by Crippen LogP contribution is -2.10. The summed E-state index contributed by atoms with van der Waals surface area (Å²) in [5, 5.41) is 4.99. The van der Waals surface area contributed by atoms with Crippen LogP contribution in [0.2, 0.25) is 0 Å². The third kappa shape index (κ3) is 2.59. The van der Waals surface area contributed by atoms with Crippen LogP contribution in [0, 0.1) is 6.92 Å². The second-order valence-corrected chi connectivity index (χ2v) is 7.08. The van der Waals surface area contributed by atoms with E-state index in [-0.39, 0.29) is 5.91 Å². The lowest BCUT2D eigenvalue weighted by molar-refractivity contribution is 0.103. The van der Waals surface area contributed by atoms with Gasteiger partial charge in [0.1, 0.15) is 0 Å². The number of carbonyl (C=O) groups is 1. The van der Waals surface area contributed by atoms with Crippen LogP contribution in [-0.4, -0.2) is 5.91 Å². The Balaban J connectivity index is 1.88. The number of halogens is 1. The maximum absolute atomic E-state index is 12.2. The van der Waals surface area contributed by atoms with Gasteiger partial charge in [-0.1, -0.05) is 6.07 Å². The first-order chi connectivity index (χ1) is 9.13. The topological polar surface area (TPSA) is 29.1 Å². The third-order valence-corrected chi connectivity index (χ3v) is 5.52. The molecule has 1 N–H and O–H groups in total. The van der Waals surface area contributed by atoms with E-state index in [4.69, 9.17) is 0 Å². The molecular weight excluding hydrogens is 342 g/mol. The molecule has 0 atom stereocenters. The number of fused-ring (bicyclic) bond motifs is 1. The Morgan fingerprint density at radius 2 is 2.05 bits per heavy atom. The maximum atomic E-state index is 12.2. The van der Waals surface area contributed by atoms with E-state index in [0.717, 1.165) is 20.6 Å². The second-order valence-electron chi connectivity index (χ2n) is 4.20. The molecule has 2 aromatic heterocycles. The largest absolute Gasteiger partial charge is 0.320 e. The average molecular weight is 352 g/mol. The molecule has 0 fully saturated rings. The fourth-order valence-electron chi connectivity index (χ4n) is 1.80. The molecule has 96 valence electrons. The first kappa shape index (κ1) is 12.8. The summed E-state index contributed by atoms with van der Waals surface area (Å²) in [6.45, 7) is 2.00. The monoisotopic (exact) mass is 351 g/mol. The highest BCUT2D eigenvalue weighted by Gasteiger charge is 2.12. The fraction of sp³-hybridized carbons (Fsp3) is 0.0714. The summed E-state index contributed by atoms with van der Waals surface area (Å²) in [5.41, 5.74) is 1.92. The van der Waals surface area contributed by atoms with Crippen LogP contribution in [-0.2, 0) is 0 Å². The Morgan fingerprint density at radius 3 is 2.84 bits per heavy atom. The summed E-state index contributed by atoms with van der Waals surface area (Å²) in [5.74, 6) is -0.0558. The van der Waals surface area contributed by atoms with E-state index in [1.165, 1.54) is 20.7 Å². The van der Waals surface area contributed by atoms with Crippen molar-refractivity contribution in [1.29, 1.82) is 0 Å². The molecule has 0 bridgehead atoms. The lowest BCUT2D eigenvalue weighted by Gasteiger charge is -2.07. The van der Waals surface area contributed by atoms with Crippen molar-refractivity contribution in [3.05, 3.63) is 50.6 Å². The summed E-state index contributed by atoms with van der Waals surface area (Å²) in [7, 11) is 0. The quantitative estimate of drug-likeness (QED) is 0.667. The minimum Gasteiger partial charge on any atom is -0.320 e. The van der Waals surface area contributed by atoms with Crippen LogP contribution < -0.4 is 5.32 Å². The number of benzene rings is 1. The second kappa shape index (κ2) is 5.07. The Hall–Kier alpha value is -1.17. The number of aryl methyl sites for hydroxylation is 1. The smallest absolute Gasteiger partial charge is 0.265 e. The van der Waals surface area contributed by atoms with Gasteiger partial charge in [-0.3, -0.25) is 4.79 Å². The summed E-state index contributed by atoms with van der Waals surface area (Å²) in [4.78, 5) is 13.0. The van der Waals surface area contributed by atoms with Crippen LogP contribution in [0.15, 0.2) is 40.2 Å². The SMILES string of the molecule is Cc1ccc(Br)c(NC(=O)c2cc3sccc3s2)c1. The van der Waals surface area contributed by atoms with Gasteiger partial charge in [0.05, 0.1) is 10.6 Å². The Bertz CT molecular complexity index is 731. The van der Waals surface area contributed by atoms with Gasteiger partial charge in [-0.25, -0.2) is 0 Å². The number of thiophene rings is 2. The van der Waals surface area contributed by atoms with E-state index >= 15 is 0 Å². The van der Waals surface area contributed by atoms with Gasteiger partial charge in [0.25, 0.3) is 5.91 Å². The normalized spacial score (nSPS) is 10.8. The van der Waals surface area contributed by atoms with Gasteiger partial charge in [-0.05, 0) is 58.1 Å². The lowest BCUT2D eigenvalue weighted by atomic mass is 10.2. The van der Waals surface area contributed by atoms with Crippen molar-refractivity contribution in [2.75, 3.05) is 5.32 Å². The van der Waals surface area contributed by atoms with Crippen molar-refractivity contribution < 1.29 is 4.79 Å². The molecule has 0 aliphatic carbocycles. The van der Waals surface area contributed by atoms with E-state index < -0.39 is 0 Å². The first-order valence-corrected chi connectivity index (χ1v) is 8.17. The molecule has 19 heavy (non-hydrogen) atoms. The summed E-state index contributed by atoms with van der Waals surface area (Å²) >= 11 is 6.63. The number of nitrogens with one attached hydrogen (secondary N) is 1.